The van der Waals surface area contributed by atoms with Crippen molar-refractivity contribution in [1.29, 1.82) is 0 Å². The van der Waals surface area contributed by atoms with Crippen LogP contribution in [-0.2, 0) is 0 Å². The summed E-state index contributed by atoms with van der Waals surface area (Å²) in [5, 5.41) is 12.6. The summed E-state index contributed by atoms with van der Waals surface area (Å²) in [5.74, 6) is 2.44. The Kier molecular flexibility index (Phi) is 6.90. The molecular weight excluding hydrogens is 286 g/mol. The number of nitrogens with zero attached hydrogens (tertiary/aromatic N) is 2. The average Bonchev–Trinajstić information content (AvgIpc) is 2.59. The van der Waals surface area contributed by atoms with Crippen molar-refractivity contribution < 1.29 is 5.11 Å². The summed E-state index contributed by atoms with van der Waals surface area (Å²) in [6, 6.07) is 10.9. The molecule has 0 saturated carbocycles. The fourth-order valence-electron chi connectivity index (χ4n) is 3.26. The molecule has 2 rings (SSSR count). The summed E-state index contributed by atoms with van der Waals surface area (Å²) in [6.45, 7) is 10.3. The lowest BCUT2D eigenvalue weighted by Gasteiger charge is -2.39. The van der Waals surface area contributed by atoms with E-state index in [9.17, 15) is 5.11 Å². The molecule has 1 aromatic rings. The number of aliphatic hydroxyl groups excluding tert-OH is 1. The first-order valence-electron chi connectivity index (χ1n) is 8.84. The minimum absolute atomic E-state index is 0.190. The molecule has 1 aliphatic rings. The van der Waals surface area contributed by atoms with E-state index in [1.54, 1.807) is 0 Å². The molecule has 1 fully saturated rings. The second-order valence-electron chi connectivity index (χ2n) is 6.71. The van der Waals surface area contributed by atoms with Gasteiger partial charge in [-0.1, -0.05) is 44.2 Å². The van der Waals surface area contributed by atoms with Crippen molar-refractivity contribution >= 4 is 5.96 Å². The molecule has 3 unspecified atom stereocenters. The minimum atomic E-state index is 0.190. The van der Waals surface area contributed by atoms with Crippen LogP contribution in [0, 0.1) is 11.8 Å². The number of likely N-dealkylation sites (tertiary alicyclic amines) is 1. The molecule has 128 valence electrons. The quantitative estimate of drug-likeness (QED) is 0.648. The lowest BCUT2D eigenvalue weighted by molar-refractivity contribution is 0.230. The fraction of sp³-hybridized carbons (Fsp3) is 0.632. The summed E-state index contributed by atoms with van der Waals surface area (Å²) in [6.07, 6.45) is 1.16. The van der Waals surface area contributed by atoms with Crippen molar-refractivity contribution in [2.75, 3.05) is 32.8 Å². The van der Waals surface area contributed by atoms with E-state index in [0.29, 0.717) is 18.4 Å². The molecule has 23 heavy (non-hydrogen) atoms. The number of aliphatic hydroxyl groups is 1. The van der Waals surface area contributed by atoms with Crippen LogP contribution in [0.3, 0.4) is 0 Å². The van der Waals surface area contributed by atoms with E-state index in [0.717, 1.165) is 32.0 Å². The van der Waals surface area contributed by atoms with Crippen LogP contribution < -0.4 is 5.32 Å². The van der Waals surface area contributed by atoms with Crippen molar-refractivity contribution in [3.63, 3.8) is 0 Å². The van der Waals surface area contributed by atoms with Gasteiger partial charge in [0.15, 0.2) is 5.96 Å². The first-order chi connectivity index (χ1) is 11.2. The van der Waals surface area contributed by atoms with Gasteiger partial charge >= 0.3 is 0 Å². The third-order valence-corrected chi connectivity index (χ3v) is 4.63. The van der Waals surface area contributed by atoms with Crippen LogP contribution in [0.2, 0.25) is 0 Å². The minimum Gasteiger partial charge on any atom is -0.396 e. The van der Waals surface area contributed by atoms with Gasteiger partial charge in [0.2, 0.25) is 0 Å². The van der Waals surface area contributed by atoms with Crippen molar-refractivity contribution in [2.24, 2.45) is 16.8 Å². The van der Waals surface area contributed by atoms with Gasteiger partial charge in [-0.15, -0.1) is 0 Å². The number of rotatable bonds is 5. The third kappa shape index (κ3) is 4.96. The van der Waals surface area contributed by atoms with Crippen LogP contribution in [0.15, 0.2) is 35.3 Å². The zero-order chi connectivity index (χ0) is 16.7. The fourth-order valence-corrected chi connectivity index (χ4v) is 3.26. The van der Waals surface area contributed by atoms with Crippen LogP contribution >= 0.6 is 0 Å². The average molecular weight is 317 g/mol. The molecule has 1 heterocycles. The SMILES string of the molecule is CCNC(=NCC(C)CO)N1CCC(c2ccccc2)C(C)C1. The highest BCUT2D eigenvalue weighted by molar-refractivity contribution is 5.80. The third-order valence-electron chi connectivity index (χ3n) is 4.63. The van der Waals surface area contributed by atoms with Crippen LogP contribution in [0.1, 0.15) is 38.7 Å². The van der Waals surface area contributed by atoms with Gasteiger partial charge < -0.3 is 15.3 Å². The van der Waals surface area contributed by atoms with Crippen LogP contribution in [-0.4, -0.2) is 48.8 Å². The zero-order valence-electron chi connectivity index (χ0n) is 14.7. The van der Waals surface area contributed by atoms with Gasteiger partial charge in [-0.05, 0) is 36.7 Å². The molecule has 0 radical (unpaired) electrons. The number of hydrogen-bond donors (Lipinski definition) is 2. The van der Waals surface area contributed by atoms with Crippen molar-refractivity contribution in [1.82, 2.24) is 10.2 Å². The maximum absolute atomic E-state index is 9.19. The largest absolute Gasteiger partial charge is 0.396 e. The van der Waals surface area contributed by atoms with Gasteiger partial charge in [0.05, 0.1) is 0 Å². The molecule has 4 heteroatoms. The topological polar surface area (TPSA) is 47.9 Å². The molecule has 0 amide bonds. The molecule has 3 atom stereocenters. The maximum atomic E-state index is 9.19. The van der Waals surface area contributed by atoms with Gasteiger partial charge in [0.25, 0.3) is 0 Å². The Labute approximate surface area is 140 Å². The highest BCUT2D eigenvalue weighted by atomic mass is 16.3. The number of aliphatic imine (C=N–C) groups is 1. The molecule has 1 aromatic carbocycles. The molecule has 4 nitrogen and oxygen atoms in total. The lowest BCUT2D eigenvalue weighted by atomic mass is 9.82. The van der Waals surface area contributed by atoms with E-state index in [1.165, 1.54) is 5.56 Å². The van der Waals surface area contributed by atoms with Gasteiger partial charge in [0, 0.05) is 32.8 Å². The van der Waals surface area contributed by atoms with E-state index in [2.05, 4.69) is 54.4 Å². The van der Waals surface area contributed by atoms with Gasteiger partial charge in [-0.25, -0.2) is 0 Å². The Morgan fingerprint density at radius 3 is 2.74 bits per heavy atom. The Hall–Kier alpha value is -1.55. The Morgan fingerprint density at radius 2 is 2.13 bits per heavy atom. The molecule has 1 saturated heterocycles. The number of guanidine groups is 1. The molecule has 1 aliphatic heterocycles. The number of nitrogens with one attached hydrogen (secondary N) is 1. The first kappa shape index (κ1) is 17.8. The normalized spacial score (nSPS) is 23.7. The number of benzene rings is 1. The van der Waals surface area contributed by atoms with E-state index < -0.39 is 0 Å². The van der Waals surface area contributed by atoms with Crippen LogP contribution in [0.25, 0.3) is 0 Å². The monoisotopic (exact) mass is 317 g/mol. The van der Waals surface area contributed by atoms with E-state index in [1.807, 2.05) is 6.92 Å². The smallest absolute Gasteiger partial charge is 0.193 e. The zero-order valence-corrected chi connectivity index (χ0v) is 14.7. The summed E-state index contributed by atoms with van der Waals surface area (Å²) in [7, 11) is 0. The van der Waals surface area contributed by atoms with E-state index in [4.69, 9.17) is 4.99 Å². The number of hydrogen-bond acceptors (Lipinski definition) is 2. The van der Waals surface area contributed by atoms with Crippen molar-refractivity contribution in [2.45, 2.75) is 33.1 Å². The standard InChI is InChI=1S/C19H31N3O/c1-4-20-19(21-12-15(2)14-23)22-11-10-18(16(3)13-22)17-8-6-5-7-9-17/h5-9,15-16,18,23H,4,10-14H2,1-3H3,(H,20,21). The second-order valence-corrected chi connectivity index (χ2v) is 6.71. The summed E-state index contributed by atoms with van der Waals surface area (Å²) >= 11 is 0. The molecule has 0 bridgehead atoms. The Balaban J connectivity index is 2.01. The van der Waals surface area contributed by atoms with Crippen LogP contribution in [0.4, 0.5) is 0 Å². The summed E-state index contributed by atoms with van der Waals surface area (Å²) in [4.78, 5) is 7.08. The molecule has 0 aliphatic carbocycles. The first-order valence-corrected chi connectivity index (χ1v) is 8.84. The van der Waals surface area contributed by atoms with Crippen molar-refractivity contribution in [3.05, 3.63) is 35.9 Å². The lowest BCUT2D eigenvalue weighted by Crippen LogP contribution is -2.48. The molecule has 0 spiro atoms. The van der Waals surface area contributed by atoms with Crippen molar-refractivity contribution in [3.8, 4) is 0 Å². The van der Waals surface area contributed by atoms with Gasteiger partial charge in [-0.3, -0.25) is 4.99 Å². The van der Waals surface area contributed by atoms with E-state index >= 15 is 0 Å². The highest BCUT2D eigenvalue weighted by Gasteiger charge is 2.28. The van der Waals surface area contributed by atoms with Gasteiger partial charge in [0.1, 0.15) is 0 Å². The maximum Gasteiger partial charge on any atom is 0.193 e. The highest BCUT2D eigenvalue weighted by Crippen LogP contribution is 2.32. The van der Waals surface area contributed by atoms with Crippen LogP contribution in [0.5, 0.6) is 0 Å². The molecule has 2 N–H and O–H groups in total. The predicted molar refractivity (Wildman–Crippen MR) is 96.8 cm³/mol. The number of piperidine rings is 1. The van der Waals surface area contributed by atoms with E-state index in [-0.39, 0.29) is 12.5 Å². The Bertz CT molecular complexity index is 489. The Morgan fingerprint density at radius 1 is 1.39 bits per heavy atom. The predicted octanol–water partition coefficient (Wildman–Crippen LogP) is 2.71. The summed E-state index contributed by atoms with van der Waals surface area (Å²) in [5.41, 5.74) is 1.45. The molecule has 0 aromatic heterocycles. The molecular formula is C19H31N3O. The van der Waals surface area contributed by atoms with Gasteiger partial charge in [-0.2, -0.15) is 0 Å². The second kappa shape index (κ2) is 8.92. The summed E-state index contributed by atoms with van der Waals surface area (Å²) < 4.78 is 0.